The number of carbonyl (C=O) groups is 1. The Balaban J connectivity index is 2.06. The van der Waals surface area contributed by atoms with Crippen LogP contribution >= 0.6 is 38.9 Å². The first-order valence-electron chi connectivity index (χ1n) is 5.41. The van der Waals surface area contributed by atoms with Crippen LogP contribution in [0.5, 0.6) is 0 Å². The molecule has 1 N–H and O–H groups in total. The number of hydrogen-bond donors (Lipinski definition) is 1. The number of sulfonamides is 1. The van der Waals surface area contributed by atoms with Gasteiger partial charge in [-0.2, -0.15) is 0 Å². The number of benzene rings is 1. The summed E-state index contributed by atoms with van der Waals surface area (Å²) in [6, 6.07) is 8.10. The van der Waals surface area contributed by atoms with Crippen molar-refractivity contribution >= 4 is 54.8 Å². The molecule has 0 saturated heterocycles. The summed E-state index contributed by atoms with van der Waals surface area (Å²) in [5, 5.41) is 2.20. The van der Waals surface area contributed by atoms with Crippen molar-refractivity contribution in [3.8, 4) is 0 Å². The van der Waals surface area contributed by atoms with Gasteiger partial charge >= 0.3 is 0 Å². The Bertz CT molecular complexity index is 725. The van der Waals surface area contributed by atoms with Crippen molar-refractivity contribution in [1.82, 2.24) is 4.72 Å². The Kier molecular flexibility index (Phi) is 4.85. The normalized spacial score (nSPS) is 11.3. The molecule has 8 heteroatoms. The first-order valence-corrected chi connectivity index (χ1v) is 8.94. The fraction of sp³-hybridized carbons (Fsp3) is 0.0833. The largest absolute Gasteiger partial charge is 0.274 e. The van der Waals surface area contributed by atoms with Gasteiger partial charge in [-0.25, -0.2) is 13.1 Å². The molecule has 0 bridgehead atoms. The van der Waals surface area contributed by atoms with Crippen LogP contribution in [0.2, 0.25) is 5.02 Å². The van der Waals surface area contributed by atoms with Gasteiger partial charge in [0.05, 0.1) is 6.42 Å². The molecule has 0 unspecified atom stereocenters. The van der Waals surface area contributed by atoms with E-state index in [1.54, 1.807) is 29.6 Å². The molecule has 106 valence electrons. The molecule has 1 heterocycles. The average Bonchev–Trinajstić information content (AvgIpc) is 2.79. The van der Waals surface area contributed by atoms with Crippen LogP contribution in [0.15, 0.2) is 44.4 Å². The third-order valence-electron chi connectivity index (χ3n) is 2.33. The Labute approximate surface area is 134 Å². The maximum atomic E-state index is 11.9. The van der Waals surface area contributed by atoms with E-state index in [0.29, 0.717) is 15.1 Å². The van der Waals surface area contributed by atoms with Crippen LogP contribution in [0.25, 0.3) is 0 Å². The van der Waals surface area contributed by atoms with Crippen LogP contribution in [-0.4, -0.2) is 14.3 Å². The van der Waals surface area contributed by atoms with Gasteiger partial charge in [-0.05, 0) is 39.7 Å². The SMILES string of the molecule is O=C(Cc1ccc(Cl)cc1)NS(=O)(=O)c1cc(Br)cs1. The highest BCUT2D eigenvalue weighted by Gasteiger charge is 2.19. The maximum absolute atomic E-state index is 11.9. The molecule has 1 aromatic carbocycles. The fourth-order valence-corrected chi connectivity index (χ4v) is 4.42. The van der Waals surface area contributed by atoms with Crippen LogP contribution < -0.4 is 4.72 Å². The first kappa shape index (κ1) is 15.5. The molecule has 0 aliphatic rings. The van der Waals surface area contributed by atoms with Gasteiger partial charge in [0.25, 0.3) is 10.0 Å². The second-order valence-corrected chi connectivity index (χ2v) is 8.09. The van der Waals surface area contributed by atoms with Gasteiger partial charge in [0.15, 0.2) is 0 Å². The number of thiophene rings is 1. The van der Waals surface area contributed by atoms with Crippen molar-refractivity contribution in [2.75, 3.05) is 0 Å². The van der Waals surface area contributed by atoms with Crippen LogP contribution in [-0.2, 0) is 21.2 Å². The van der Waals surface area contributed by atoms with Gasteiger partial charge in [0, 0.05) is 14.9 Å². The second-order valence-electron chi connectivity index (χ2n) is 3.92. The van der Waals surface area contributed by atoms with Gasteiger partial charge in [-0.1, -0.05) is 23.7 Å². The lowest BCUT2D eigenvalue weighted by molar-refractivity contribution is -0.118. The van der Waals surface area contributed by atoms with E-state index < -0.39 is 15.9 Å². The Hall–Kier alpha value is -0.890. The predicted molar refractivity (Wildman–Crippen MR) is 82.5 cm³/mol. The molecule has 0 aliphatic heterocycles. The highest BCUT2D eigenvalue weighted by molar-refractivity contribution is 9.10. The summed E-state index contributed by atoms with van der Waals surface area (Å²) in [4.78, 5) is 11.8. The molecule has 4 nitrogen and oxygen atoms in total. The van der Waals surface area contributed by atoms with E-state index in [-0.39, 0.29) is 10.6 Å². The van der Waals surface area contributed by atoms with E-state index in [2.05, 4.69) is 15.9 Å². The summed E-state index contributed by atoms with van der Waals surface area (Å²) < 4.78 is 26.7. The first-order chi connectivity index (χ1) is 9.37. The molecule has 2 aromatic rings. The lowest BCUT2D eigenvalue weighted by Crippen LogP contribution is -2.31. The summed E-state index contributed by atoms with van der Waals surface area (Å²) in [5.41, 5.74) is 0.689. The standard InChI is InChI=1S/C12H9BrClNO3S2/c13-9-6-12(19-7-9)20(17,18)15-11(16)5-8-1-3-10(14)4-2-8/h1-4,6-7H,5H2,(H,15,16). The van der Waals surface area contributed by atoms with E-state index in [9.17, 15) is 13.2 Å². The Morgan fingerprint density at radius 1 is 1.30 bits per heavy atom. The minimum atomic E-state index is -3.80. The Morgan fingerprint density at radius 3 is 2.50 bits per heavy atom. The maximum Gasteiger partial charge on any atom is 0.273 e. The van der Waals surface area contributed by atoms with Gasteiger partial charge < -0.3 is 0 Å². The van der Waals surface area contributed by atoms with Gasteiger partial charge in [-0.15, -0.1) is 11.3 Å². The lowest BCUT2D eigenvalue weighted by atomic mass is 10.1. The molecule has 2 rings (SSSR count). The quantitative estimate of drug-likeness (QED) is 0.866. The highest BCUT2D eigenvalue weighted by Crippen LogP contribution is 2.23. The summed E-state index contributed by atoms with van der Waals surface area (Å²) in [6.45, 7) is 0. The predicted octanol–water partition coefficient (Wildman–Crippen LogP) is 3.21. The number of nitrogens with one attached hydrogen (secondary N) is 1. The van der Waals surface area contributed by atoms with E-state index >= 15 is 0 Å². The zero-order valence-electron chi connectivity index (χ0n) is 9.97. The molecule has 0 radical (unpaired) electrons. The van der Waals surface area contributed by atoms with Gasteiger partial charge in [-0.3, -0.25) is 4.79 Å². The van der Waals surface area contributed by atoms with Crippen LogP contribution in [0.4, 0.5) is 0 Å². The van der Waals surface area contributed by atoms with Gasteiger partial charge in [0.2, 0.25) is 5.91 Å². The van der Waals surface area contributed by atoms with E-state index in [1.165, 1.54) is 6.07 Å². The molecular weight excluding hydrogens is 386 g/mol. The van der Waals surface area contributed by atoms with Crippen molar-refractivity contribution in [2.24, 2.45) is 0 Å². The lowest BCUT2D eigenvalue weighted by Gasteiger charge is -2.05. The fourth-order valence-electron chi connectivity index (χ4n) is 1.46. The van der Waals surface area contributed by atoms with Crippen LogP contribution in [0.1, 0.15) is 5.56 Å². The molecule has 0 fully saturated rings. The van der Waals surface area contributed by atoms with E-state index in [0.717, 1.165) is 11.3 Å². The summed E-state index contributed by atoms with van der Waals surface area (Å²) in [7, 11) is -3.80. The van der Waals surface area contributed by atoms with Crippen molar-refractivity contribution in [2.45, 2.75) is 10.6 Å². The summed E-state index contributed by atoms with van der Waals surface area (Å²) >= 11 is 9.95. The topological polar surface area (TPSA) is 63.2 Å². The molecule has 1 aromatic heterocycles. The summed E-state index contributed by atoms with van der Waals surface area (Å²) in [6.07, 6.45) is -0.0249. The highest BCUT2D eigenvalue weighted by atomic mass is 79.9. The third-order valence-corrected chi connectivity index (χ3v) is 6.16. The Morgan fingerprint density at radius 2 is 1.95 bits per heavy atom. The van der Waals surface area contributed by atoms with Crippen molar-refractivity contribution < 1.29 is 13.2 Å². The number of halogens is 2. The molecular formula is C12H9BrClNO3S2. The van der Waals surface area contributed by atoms with E-state index in [1.807, 2.05) is 4.72 Å². The molecule has 0 atom stereocenters. The average molecular weight is 395 g/mol. The summed E-state index contributed by atoms with van der Waals surface area (Å²) in [5.74, 6) is -0.586. The smallest absolute Gasteiger partial charge is 0.273 e. The zero-order valence-corrected chi connectivity index (χ0v) is 13.9. The van der Waals surface area contributed by atoms with Gasteiger partial charge in [0.1, 0.15) is 4.21 Å². The molecule has 0 saturated carbocycles. The third kappa shape index (κ3) is 4.05. The number of carbonyl (C=O) groups excluding carboxylic acids is 1. The molecule has 1 amide bonds. The van der Waals surface area contributed by atoms with Crippen molar-refractivity contribution in [1.29, 1.82) is 0 Å². The number of amides is 1. The van der Waals surface area contributed by atoms with Crippen molar-refractivity contribution in [3.05, 3.63) is 50.8 Å². The van der Waals surface area contributed by atoms with E-state index in [4.69, 9.17) is 11.6 Å². The minimum absolute atomic E-state index is 0.0249. The molecule has 0 spiro atoms. The van der Waals surface area contributed by atoms with Crippen molar-refractivity contribution in [3.63, 3.8) is 0 Å². The number of rotatable bonds is 4. The minimum Gasteiger partial charge on any atom is -0.274 e. The zero-order chi connectivity index (χ0) is 14.8. The number of hydrogen-bond acceptors (Lipinski definition) is 4. The molecule has 20 heavy (non-hydrogen) atoms. The second kappa shape index (κ2) is 6.26. The van der Waals surface area contributed by atoms with Crippen LogP contribution in [0, 0.1) is 0 Å². The monoisotopic (exact) mass is 393 g/mol. The van der Waals surface area contributed by atoms with Crippen LogP contribution in [0.3, 0.4) is 0 Å². The molecule has 0 aliphatic carbocycles.